The predicted octanol–water partition coefficient (Wildman–Crippen LogP) is 2.82. The summed E-state index contributed by atoms with van der Waals surface area (Å²) in [6, 6.07) is 6.89. The molecule has 1 heterocycles. The van der Waals surface area contributed by atoms with Gasteiger partial charge in [0.25, 0.3) is 0 Å². The topological polar surface area (TPSA) is 48.4 Å². The zero-order chi connectivity index (χ0) is 13.0. The van der Waals surface area contributed by atoms with Gasteiger partial charge in [0.1, 0.15) is 12.4 Å². The Hall–Kier alpha value is -1.88. The van der Waals surface area contributed by atoms with Crippen molar-refractivity contribution >= 4 is 17.3 Å². The number of aryl methyl sites for hydroxylation is 1. The molecule has 0 bridgehead atoms. The van der Waals surface area contributed by atoms with E-state index in [1.807, 2.05) is 6.92 Å². The summed E-state index contributed by atoms with van der Waals surface area (Å²) in [5, 5.41) is 0. The van der Waals surface area contributed by atoms with E-state index in [2.05, 4.69) is 4.98 Å². The minimum absolute atomic E-state index is 0.256. The van der Waals surface area contributed by atoms with E-state index in [0.717, 1.165) is 10.6 Å². The minimum atomic E-state index is -0.360. The van der Waals surface area contributed by atoms with Crippen LogP contribution in [-0.2, 0) is 11.3 Å². The van der Waals surface area contributed by atoms with E-state index in [4.69, 9.17) is 9.47 Å². The third-order valence-corrected chi connectivity index (χ3v) is 3.39. The average molecular weight is 263 g/mol. The standard InChI is InChI=1S/C13H13NO3S/c1-9-12(18-8-14-9)7-17-13(15)10-4-3-5-11(6-10)16-2/h3-6,8H,7H2,1-2H3. The van der Waals surface area contributed by atoms with Crippen LogP contribution >= 0.6 is 11.3 Å². The molecule has 0 fully saturated rings. The fourth-order valence-electron chi connectivity index (χ4n) is 1.43. The summed E-state index contributed by atoms with van der Waals surface area (Å²) in [7, 11) is 1.56. The second kappa shape index (κ2) is 5.64. The highest BCUT2D eigenvalue weighted by atomic mass is 32.1. The molecule has 0 radical (unpaired) electrons. The zero-order valence-electron chi connectivity index (χ0n) is 10.2. The average Bonchev–Trinajstić information content (AvgIpc) is 2.81. The van der Waals surface area contributed by atoms with Crippen molar-refractivity contribution in [1.82, 2.24) is 4.98 Å². The fourth-order valence-corrected chi connectivity index (χ4v) is 2.12. The van der Waals surface area contributed by atoms with Crippen LogP contribution in [0.25, 0.3) is 0 Å². The molecule has 5 heteroatoms. The molecule has 0 saturated heterocycles. The summed E-state index contributed by atoms with van der Waals surface area (Å²) in [6.45, 7) is 2.15. The van der Waals surface area contributed by atoms with Gasteiger partial charge in [-0.15, -0.1) is 11.3 Å². The SMILES string of the molecule is COc1cccc(C(=O)OCc2scnc2C)c1. The minimum Gasteiger partial charge on any atom is -0.497 e. The molecule has 0 amide bonds. The van der Waals surface area contributed by atoms with Gasteiger partial charge < -0.3 is 9.47 Å². The van der Waals surface area contributed by atoms with E-state index < -0.39 is 0 Å². The molecular formula is C13H13NO3S. The lowest BCUT2D eigenvalue weighted by atomic mass is 10.2. The van der Waals surface area contributed by atoms with Crippen LogP contribution in [-0.4, -0.2) is 18.1 Å². The molecule has 0 saturated carbocycles. The Kier molecular flexibility index (Phi) is 3.94. The van der Waals surface area contributed by atoms with Crippen molar-refractivity contribution in [2.45, 2.75) is 13.5 Å². The third kappa shape index (κ3) is 2.87. The smallest absolute Gasteiger partial charge is 0.338 e. The summed E-state index contributed by atoms with van der Waals surface area (Å²) in [6.07, 6.45) is 0. The Morgan fingerprint density at radius 2 is 2.28 bits per heavy atom. The molecule has 1 aromatic carbocycles. The van der Waals surface area contributed by atoms with Gasteiger partial charge in [-0.3, -0.25) is 0 Å². The summed E-state index contributed by atoms with van der Waals surface area (Å²) in [5.41, 5.74) is 3.12. The first-order valence-corrected chi connectivity index (χ1v) is 6.29. The van der Waals surface area contributed by atoms with E-state index in [-0.39, 0.29) is 12.6 Å². The van der Waals surface area contributed by atoms with Crippen LogP contribution in [0.5, 0.6) is 5.75 Å². The van der Waals surface area contributed by atoms with Crippen LogP contribution in [0, 0.1) is 6.92 Å². The number of esters is 1. The van der Waals surface area contributed by atoms with E-state index in [1.165, 1.54) is 11.3 Å². The molecule has 0 atom stereocenters. The van der Waals surface area contributed by atoms with Crippen molar-refractivity contribution in [2.24, 2.45) is 0 Å². The Morgan fingerprint density at radius 3 is 2.94 bits per heavy atom. The lowest BCUT2D eigenvalue weighted by Crippen LogP contribution is -2.05. The number of hydrogen-bond donors (Lipinski definition) is 0. The van der Waals surface area contributed by atoms with E-state index in [1.54, 1.807) is 36.9 Å². The normalized spacial score (nSPS) is 10.1. The number of benzene rings is 1. The van der Waals surface area contributed by atoms with Crippen LogP contribution in [0.1, 0.15) is 20.9 Å². The van der Waals surface area contributed by atoms with Gasteiger partial charge in [0.05, 0.1) is 28.8 Å². The van der Waals surface area contributed by atoms with Crippen LogP contribution in [0.4, 0.5) is 0 Å². The molecule has 0 aliphatic rings. The molecule has 2 rings (SSSR count). The lowest BCUT2D eigenvalue weighted by Gasteiger charge is -2.05. The molecule has 0 unspecified atom stereocenters. The Morgan fingerprint density at radius 1 is 1.44 bits per heavy atom. The molecule has 0 N–H and O–H groups in total. The second-order valence-corrected chi connectivity index (χ2v) is 4.61. The quantitative estimate of drug-likeness (QED) is 0.796. The molecule has 18 heavy (non-hydrogen) atoms. The highest BCUT2D eigenvalue weighted by molar-refractivity contribution is 7.09. The predicted molar refractivity (Wildman–Crippen MR) is 69.0 cm³/mol. The first kappa shape index (κ1) is 12.6. The zero-order valence-corrected chi connectivity index (χ0v) is 11.0. The molecule has 1 aromatic heterocycles. The van der Waals surface area contributed by atoms with Crippen molar-refractivity contribution in [3.8, 4) is 5.75 Å². The molecule has 4 nitrogen and oxygen atoms in total. The van der Waals surface area contributed by atoms with Crippen molar-refractivity contribution in [3.05, 3.63) is 45.9 Å². The first-order chi connectivity index (χ1) is 8.70. The van der Waals surface area contributed by atoms with Crippen molar-refractivity contribution in [1.29, 1.82) is 0 Å². The lowest BCUT2D eigenvalue weighted by molar-refractivity contribution is 0.0475. The number of ether oxygens (including phenoxy) is 2. The maximum Gasteiger partial charge on any atom is 0.338 e. The molecule has 0 spiro atoms. The summed E-state index contributed by atoms with van der Waals surface area (Å²) in [4.78, 5) is 16.9. The maximum atomic E-state index is 11.8. The highest BCUT2D eigenvalue weighted by Gasteiger charge is 2.10. The first-order valence-electron chi connectivity index (χ1n) is 5.41. The molecule has 0 aliphatic carbocycles. The number of thiazole rings is 1. The third-order valence-electron chi connectivity index (χ3n) is 2.48. The van der Waals surface area contributed by atoms with E-state index in [0.29, 0.717) is 11.3 Å². The number of hydrogen-bond acceptors (Lipinski definition) is 5. The van der Waals surface area contributed by atoms with Gasteiger partial charge in [0.15, 0.2) is 0 Å². The number of aromatic nitrogens is 1. The number of rotatable bonds is 4. The van der Waals surface area contributed by atoms with Gasteiger partial charge in [-0.1, -0.05) is 6.07 Å². The summed E-state index contributed by atoms with van der Waals surface area (Å²) in [5.74, 6) is 0.278. The van der Waals surface area contributed by atoms with Gasteiger partial charge in [-0.05, 0) is 25.1 Å². The molecule has 94 valence electrons. The molecule has 2 aromatic rings. The number of carbonyl (C=O) groups is 1. The second-order valence-electron chi connectivity index (χ2n) is 3.67. The number of nitrogens with zero attached hydrogens (tertiary/aromatic N) is 1. The molecular weight excluding hydrogens is 250 g/mol. The summed E-state index contributed by atoms with van der Waals surface area (Å²) >= 11 is 1.48. The molecule has 0 aliphatic heterocycles. The van der Waals surface area contributed by atoms with Crippen molar-refractivity contribution in [2.75, 3.05) is 7.11 Å². The van der Waals surface area contributed by atoms with E-state index >= 15 is 0 Å². The Balaban J connectivity index is 2.01. The summed E-state index contributed by atoms with van der Waals surface area (Å²) < 4.78 is 10.3. The van der Waals surface area contributed by atoms with Crippen LogP contribution in [0.2, 0.25) is 0 Å². The number of carbonyl (C=O) groups excluding carboxylic acids is 1. The maximum absolute atomic E-state index is 11.8. The van der Waals surface area contributed by atoms with Crippen molar-refractivity contribution in [3.63, 3.8) is 0 Å². The highest BCUT2D eigenvalue weighted by Crippen LogP contribution is 2.16. The van der Waals surface area contributed by atoms with Gasteiger partial charge in [0, 0.05) is 0 Å². The van der Waals surface area contributed by atoms with Gasteiger partial charge in [-0.2, -0.15) is 0 Å². The van der Waals surface area contributed by atoms with Crippen LogP contribution in [0.15, 0.2) is 29.8 Å². The van der Waals surface area contributed by atoms with Gasteiger partial charge in [0.2, 0.25) is 0 Å². The Labute approximate surface area is 109 Å². The van der Waals surface area contributed by atoms with Gasteiger partial charge >= 0.3 is 5.97 Å². The fraction of sp³-hybridized carbons (Fsp3) is 0.231. The number of methoxy groups -OCH3 is 1. The van der Waals surface area contributed by atoms with Gasteiger partial charge in [-0.25, -0.2) is 9.78 Å². The largest absolute Gasteiger partial charge is 0.497 e. The van der Waals surface area contributed by atoms with Crippen molar-refractivity contribution < 1.29 is 14.3 Å². The van der Waals surface area contributed by atoms with Crippen LogP contribution < -0.4 is 4.74 Å². The van der Waals surface area contributed by atoms with E-state index in [9.17, 15) is 4.79 Å². The monoisotopic (exact) mass is 263 g/mol. The van der Waals surface area contributed by atoms with Crippen LogP contribution in [0.3, 0.4) is 0 Å². The Bertz CT molecular complexity index is 551.